The zero-order valence-corrected chi connectivity index (χ0v) is 16.8. The van der Waals surface area contributed by atoms with E-state index < -0.39 is 11.8 Å². The molecule has 2 N–H and O–H groups in total. The molecule has 1 aliphatic heterocycles. The van der Waals surface area contributed by atoms with Crippen molar-refractivity contribution in [3.8, 4) is 5.75 Å². The number of nitrogens with zero attached hydrogens (tertiary/aromatic N) is 2. The Hall–Kier alpha value is -3.06. The van der Waals surface area contributed by atoms with E-state index in [4.69, 9.17) is 4.74 Å². The molecule has 0 radical (unpaired) electrons. The van der Waals surface area contributed by atoms with E-state index in [1.54, 1.807) is 31.4 Å². The van der Waals surface area contributed by atoms with Gasteiger partial charge in [0.15, 0.2) is 0 Å². The second-order valence-electron chi connectivity index (χ2n) is 6.96. The van der Waals surface area contributed by atoms with Gasteiger partial charge in [-0.3, -0.25) is 14.5 Å². The maximum Gasteiger partial charge on any atom is 0.313 e. The van der Waals surface area contributed by atoms with Gasteiger partial charge in [-0.2, -0.15) is 0 Å². The lowest BCUT2D eigenvalue weighted by atomic mass is 10.2. The van der Waals surface area contributed by atoms with Gasteiger partial charge in [0.25, 0.3) is 0 Å². The van der Waals surface area contributed by atoms with Crippen LogP contribution in [0.5, 0.6) is 5.75 Å². The SMILES string of the molecule is COc1cccc(NC(=O)C(=O)NCCCN2CCN(c3ccccc3)CC2)c1. The number of rotatable bonds is 7. The lowest BCUT2D eigenvalue weighted by Gasteiger charge is -2.36. The Balaban J connectivity index is 1.32. The summed E-state index contributed by atoms with van der Waals surface area (Å²) in [5, 5.41) is 5.27. The van der Waals surface area contributed by atoms with Gasteiger partial charge in [0.1, 0.15) is 5.75 Å². The molecular weight excluding hydrogens is 368 g/mol. The number of ether oxygens (including phenoxy) is 1. The van der Waals surface area contributed by atoms with Crippen molar-refractivity contribution in [2.75, 3.05) is 56.6 Å². The minimum atomic E-state index is -0.672. The number of hydrogen-bond acceptors (Lipinski definition) is 5. The van der Waals surface area contributed by atoms with E-state index in [1.165, 1.54) is 5.69 Å². The lowest BCUT2D eigenvalue weighted by Crippen LogP contribution is -2.47. The van der Waals surface area contributed by atoms with Crippen LogP contribution in [-0.4, -0.2) is 63.1 Å². The predicted octanol–water partition coefficient (Wildman–Crippen LogP) is 1.96. The summed E-state index contributed by atoms with van der Waals surface area (Å²) in [4.78, 5) is 28.8. The van der Waals surface area contributed by atoms with Gasteiger partial charge in [-0.05, 0) is 37.2 Å². The summed E-state index contributed by atoms with van der Waals surface area (Å²) in [6.45, 7) is 5.38. The summed E-state index contributed by atoms with van der Waals surface area (Å²) in [6, 6.07) is 17.3. The molecule has 2 aromatic carbocycles. The Kier molecular flexibility index (Phi) is 7.47. The lowest BCUT2D eigenvalue weighted by molar-refractivity contribution is -0.136. The number of amides is 2. The van der Waals surface area contributed by atoms with E-state index in [-0.39, 0.29) is 0 Å². The van der Waals surface area contributed by atoms with Crippen LogP contribution in [0.4, 0.5) is 11.4 Å². The normalized spacial score (nSPS) is 14.3. The van der Waals surface area contributed by atoms with Crippen LogP contribution in [0.2, 0.25) is 0 Å². The molecule has 0 atom stereocenters. The van der Waals surface area contributed by atoms with Crippen molar-refractivity contribution in [2.24, 2.45) is 0 Å². The van der Waals surface area contributed by atoms with Gasteiger partial charge in [0.05, 0.1) is 7.11 Å². The first-order valence-corrected chi connectivity index (χ1v) is 9.91. The standard InChI is InChI=1S/C22H28N4O3/c1-29-20-10-5-7-18(17-20)24-22(28)21(27)23-11-6-12-25-13-15-26(16-14-25)19-8-3-2-4-9-19/h2-5,7-10,17H,6,11-16H2,1H3,(H,23,27)(H,24,28). The van der Waals surface area contributed by atoms with Gasteiger partial charge in [0.2, 0.25) is 0 Å². The molecule has 1 heterocycles. The summed E-state index contributed by atoms with van der Waals surface area (Å²) < 4.78 is 5.11. The third-order valence-corrected chi connectivity index (χ3v) is 4.96. The first-order valence-electron chi connectivity index (χ1n) is 9.91. The minimum Gasteiger partial charge on any atom is -0.497 e. The van der Waals surface area contributed by atoms with Crippen LogP contribution >= 0.6 is 0 Å². The highest BCUT2D eigenvalue weighted by Crippen LogP contribution is 2.17. The van der Waals surface area contributed by atoms with Crippen molar-refractivity contribution in [3.05, 3.63) is 54.6 Å². The molecule has 1 fully saturated rings. The van der Waals surface area contributed by atoms with Gasteiger partial charge in [0, 0.05) is 50.2 Å². The molecule has 1 aliphatic rings. The highest BCUT2D eigenvalue weighted by atomic mass is 16.5. The van der Waals surface area contributed by atoms with Crippen molar-refractivity contribution >= 4 is 23.2 Å². The number of benzene rings is 2. The van der Waals surface area contributed by atoms with Gasteiger partial charge in [-0.1, -0.05) is 24.3 Å². The van der Waals surface area contributed by atoms with Crippen molar-refractivity contribution in [3.63, 3.8) is 0 Å². The average Bonchev–Trinajstić information content (AvgIpc) is 2.77. The van der Waals surface area contributed by atoms with Crippen LogP contribution in [-0.2, 0) is 9.59 Å². The Morgan fingerprint density at radius 1 is 0.966 bits per heavy atom. The quantitative estimate of drug-likeness (QED) is 0.553. The molecule has 0 aliphatic carbocycles. The molecular formula is C22H28N4O3. The smallest absolute Gasteiger partial charge is 0.313 e. The Bertz CT molecular complexity index is 805. The first-order chi connectivity index (χ1) is 14.2. The molecule has 0 spiro atoms. The van der Waals surface area contributed by atoms with Crippen molar-refractivity contribution in [1.29, 1.82) is 0 Å². The Morgan fingerprint density at radius 2 is 1.72 bits per heavy atom. The van der Waals surface area contributed by atoms with Crippen LogP contribution in [0.15, 0.2) is 54.6 Å². The fraction of sp³-hybridized carbons (Fsp3) is 0.364. The van der Waals surface area contributed by atoms with E-state index in [0.29, 0.717) is 18.0 Å². The van der Waals surface area contributed by atoms with Crippen LogP contribution in [0.25, 0.3) is 0 Å². The number of carbonyl (C=O) groups excluding carboxylic acids is 2. The second kappa shape index (κ2) is 10.5. The predicted molar refractivity (Wildman–Crippen MR) is 114 cm³/mol. The number of anilines is 2. The average molecular weight is 396 g/mol. The van der Waals surface area contributed by atoms with Gasteiger partial charge < -0.3 is 20.3 Å². The van der Waals surface area contributed by atoms with E-state index >= 15 is 0 Å². The van der Waals surface area contributed by atoms with E-state index in [2.05, 4.69) is 44.7 Å². The fourth-order valence-corrected chi connectivity index (χ4v) is 3.34. The molecule has 3 rings (SSSR count). The van der Waals surface area contributed by atoms with Gasteiger partial charge in [-0.25, -0.2) is 0 Å². The third-order valence-electron chi connectivity index (χ3n) is 4.96. The van der Waals surface area contributed by atoms with Crippen LogP contribution in [0, 0.1) is 0 Å². The minimum absolute atomic E-state index is 0.475. The molecule has 0 saturated carbocycles. The summed E-state index contributed by atoms with van der Waals surface area (Å²) in [6.07, 6.45) is 0.809. The highest BCUT2D eigenvalue weighted by Gasteiger charge is 2.17. The maximum atomic E-state index is 12.0. The molecule has 0 aromatic heterocycles. The molecule has 7 heteroatoms. The monoisotopic (exact) mass is 396 g/mol. The van der Waals surface area contributed by atoms with Gasteiger partial charge >= 0.3 is 11.8 Å². The second-order valence-corrected chi connectivity index (χ2v) is 6.96. The zero-order chi connectivity index (χ0) is 20.5. The number of para-hydroxylation sites is 1. The molecule has 7 nitrogen and oxygen atoms in total. The summed E-state index contributed by atoms with van der Waals surface area (Å²) in [7, 11) is 1.55. The van der Waals surface area contributed by atoms with Crippen molar-refractivity contribution in [2.45, 2.75) is 6.42 Å². The first kappa shape index (κ1) is 20.7. The number of carbonyl (C=O) groups is 2. The van der Waals surface area contributed by atoms with E-state index in [9.17, 15) is 9.59 Å². The van der Waals surface area contributed by atoms with E-state index in [0.717, 1.165) is 39.1 Å². The third kappa shape index (κ3) is 6.22. The topological polar surface area (TPSA) is 73.9 Å². The Labute approximate surface area is 171 Å². The maximum absolute atomic E-state index is 12.0. The largest absolute Gasteiger partial charge is 0.497 e. The molecule has 0 bridgehead atoms. The summed E-state index contributed by atoms with van der Waals surface area (Å²) in [5.41, 5.74) is 1.79. The Morgan fingerprint density at radius 3 is 2.45 bits per heavy atom. The number of methoxy groups -OCH3 is 1. The van der Waals surface area contributed by atoms with Crippen LogP contribution in [0.1, 0.15) is 6.42 Å². The van der Waals surface area contributed by atoms with Crippen LogP contribution < -0.4 is 20.3 Å². The molecule has 0 unspecified atom stereocenters. The molecule has 2 aromatic rings. The van der Waals surface area contributed by atoms with Crippen molar-refractivity contribution in [1.82, 2.24) is 10.2 Å². The summed E-state index contributed by atoms with van der Waals surface area (Å²) >= 11 is 0. The number of nitrogens with one attached hydrogen (secondary N) is 2. The van der Waals surface area contributed by atoms with Crippen molar-refractivity contribution < 1.29 is 14.3 Å². The number of piperazine rings is 1. The van der Waals surface area contributed by atoms with Gasteiger partial charge in [-0.15, -0.1) is 0 Å². The fourth-order valence-electron chi connectivity index (χ4n) is 3.34. The summed E-state index contributed by atoms with van der Waals surface area (Å²) in [5.74, 6) is -0.674. The molecule has 1 saturated heterocycles. The number of hydrogen-bond donors (Lipinski definition) is 2. The molecule has 29 heavy (non-hydrogen) atoms. The van der Waals surface area contributed by atoms with E-state index in [1.807, 2.05) is 6.07 Å². The highest BCUT2D eigenvalue weighted by molar-refractivity contribution is 6.39. The molecule has 154 valence electrons. The van der Waals surface area contributed by atoms with Crippen LogP contribution in [0.3, 0.4) is 0 Å². The zero-order valence-electron chi connectivity index (χ0n) is 16.8. The molecule has 2 amide bonds.